The standard InChI is InChI=1S/C15H15ClN4O2S/c1-9-6-10(2)14(13(16)7-9)17-15(23)19-18-11-4-3-5-12(8-11)20(21)22/h3-8,18H,1-2H3,(H2,17,19,23). The fourth-order valence-electron chi connectivity index (χ4n) is 2.04. The molecule has 0 fully saturated rings. The zero-order valence-electron chi connectivity index (χ0n) is 12.5. The minimum absolute atomic E-state index is 0.00639. The summed E-state index contributed by atoms with van der Waals surface area (Å²) in [6, 6.07) is 9.92. The molecule has 0 aliphatic rings. The van der Waals surface area contributed by atoms with Crippen molar-refractivity contribution in [3.63, 3.8) is 0 Å². The van der Waals surface area contributed by atoms with Crippen molar-refractivity contribution < 1.29 is 4.92 Å². The van der Waals surface area contributed by atoms with Crippen LogP contribution in [0.15, 0.2) is 36.4 Å². The maximum absolute atomic E-state index is 10.7. The van der Waals surface area contributed by atoms with Gasteiger partial charge in [0.15, 0.2) is 5.11 Å². The molecule has 8 heteroatoms. The molecule has 0 atom stereocenters. The summed E-state index contributed by atoms with van der Waals surface area (Å²) in [7, 11) is 0. The molecule has 23 heavy (non-hydrogen) atoms. The van der Waals surface area contributed by atoms with Gasteiger partial charge in [-0.25, -0.2) is 0 Å². The first-order valence-corrected chi connectivity index (χ1v) is 7.49. The predicted molar refractivity (Wildman–Crippen MR) is 97.0 cm³/mol. The average Bonchev–Trinajstić information content (AvgIpc) is 2.49. The lowest BCUT2D eigenvalue weighted by molar-refractivity contribution is -0.384. The highest BCUT2D eigenvalue weighted by Gasteiger charge is 2.08. The molecule has 2 aromatic carbocycles. The van der Waals surface area contributed by atoms with Crippen LogP contribution in [0.2, 0.25) is 5.02 Å². The molecule has 0 unspecified atom stereocenters. The number of aryl methyl sites for hydroxylation is 2. The molecule has 2 aromatic rings. The van der Waals surface area contributed by atoms with Crippen molar-refractivity contribution in [2.75, 3.05) is 10.7 Å². The lowest BCUT2D eigenvalue weighted by Crippen LogP contribution is -2.33. The number of hydrogen-bond donors (Lipinski definition) is 3. The third-order valence-corrected chi connectivity index (χ3v) is 3.55. The number of hydrazine groups is 1. The number of benzene rings is 2. The second-order valence-corrected chi connectivity index (χ2v) is 5.77. The number of nitrogens with zero attached hydrogens (tertiary/aromatic N) is 1. The smallest absolute Gasteiger partial charge is 0.271 e. The van der Waals surface area contributed by atoms with E-state index in [2.05, 4.69) is 16.2 Å². The van der Waals surface area contributed by atoms with Gasteiger partial charge in [-0.3, -0.25) is 21.0 Å². The minimum Gasteiger partial charge on any atom is -0.330 e. The second kappa shape index (κ2) is 7.26. The van der Waals surface area contributed by atoms with Crippen LogP contribution >= 0.6 is 23.8 Å². The molecule has 6 nitrogen and oxygen atoms in total. The second-order valence-electron chi connectivity index (χ2n) is 4.95. The molecule has 120 valence electrons. The summed E-state index contributed by atoms with van der Waals surface area (Å²) in [6.07, 6.45) is 0. The van der Waals surface area contributed by atoms with Crippen LogP contribution in [0, 0.1) is 24.0 Å². The molecule has 0 aliphatic carbocycles. The first-order valence-electron chi connectivity index (χ1n) is 6.71. The van der Waals surface area contributed by atoms with Crippen LogP contribution in [0.3, 0.4) is 0 Å². The first-order chi connectivity index (χ1) is 10.9. The Bertz CT molecular complexity index is 744. The van der Waals surface area contributed by atoms with Crippen LogP contribution in [0.1, 0.15) is 11.1 Å². The molecule has 0 saturated heterocycles. The highest BCUT2D eigenvalue weighted by Crippen LogP contribution is 2.27. The third-order valence-electron chi connectivity index (χ3n) is 3.05. The van der Waals surface area contributed by atoms with Crippen molar-refractivity contribution in [3.8, 4) is 0 Å². The SMILES string of the molecule is Cc1cc(C)c(NC(=S)NNc2cccc([N+](=O)[O-])c2)c(Cl)c1. The molecule has 0 bridgehead atoms. The lowest BCUT2D eigenvalue weighted by Gasteiger charge is -2.15. The number of nitrogens with one attached hydrogen (secondary N) is 3. The van der Waals surface area contributed by atoms with Gasteiger partial charge in [-0.05, 0) is 49.3 Å². The molecular weight excluding hydrogens is 336 g/mol. The lowest BCUT2D eigenvalue weighted by atomic mass is 10.1. The van der Waals surface area contributed by atoms with Crippen molar-refractivity contribution in [1.29, 1.82) is 0 Å². The Balaban J connectivity index is 2.01. The van der Waals surface area contributed by atoms with Crippen molar-refractivity contribution >= 4 is 46.0 Å². The third kappa shape index (κ3) is 4.54. The maximum atomic E-state index is 10.7. The largest absolute Gasteiger partial charge is 0.330 e. The van der Waals surface area contributed by atoms with Gasteiger partial charge in [0.2, 0.25) is 0 Å². The Morgan fingerprint density at radius 2 is 2.00 bits per heavy atom. The quantitative estimate of drug-likeness (QED) is 0.436. The van der Waals surface area contributed by atoms with Gasteiger partial charge in [-0.1, -0.05) is 23.7 Å². The van der Waals surface area contributed by atoms with Gasteiger partial charge in [-0.15, -0.1) is 0 Å². The summed E-state index contributed by atoms with van der Waals surface area (Å²) in [5, 5.41) is 14.6. The first kappa shape index (κ1) is 17.0. The van der Waals surface area contributed by atoms with E-state index in [1.165, 1.54) is 12.1 Å². The van der Waals surface area contributed by atoms with E-state index in [-0.39, 0.29) is 5.69 Å². The van der Waals surface area contributed by atoms with E-state index in [4.69, 9.17) is 23.8 Å². The predicted octanol–water partition coefficient (Wildman–Crippen LogP) is 4.18. The molecule has 0 saturated carbocycles. The fraction of sp³-hybridized carbons (Fsp3) is 0.133. The number of anilines is 2. The Kier molecular flexibility index (Phi) is 5.36. The highest BCUT2D eigenvalue weighted by molar-refractivity contribution is 7.80. The van der Waals surface area contributed by atoms with Gasteiger partial charge >= 0.3 is 0 Å². The molecule has 0 spiro atoms. The molecule has 3 N–H and O–H groups in total. The van der Waals surface area contributed by atoms with Crippen LogP contribution in [0.5, 0.6) is 0 Å². The Hall–Kier alpha value is -2.38. The topological polar surface area (TPSA) is 79.2 Å². The van der Waals surface area contributed by atoms with Crippen LogP contribution in [-0.4, -0.2) is 10.0 Å². The van der Waals surface area contributed by atoms with E-state index in [1.807, 2.05) is 26.0 Å². The fourth-order valence-corrected chi connectivity index (χ4v) is 2.57. The van der Waals surface area contributed by atoms with E-state index >= 15 is 0 Å². The summed E-state index contributed by atoms with van der Waals surface area (Å²) in [5.41, 5.74) is 8.84. The van der Waals surface area contributed by atoms with Gasteiger partial charge in [0.25, 0.3) is 5.69 Å². The number of non-ortho nitro benzene ring substituents is 1. The normalized spacial score (nSPS) is 10.0. The van der Waals surface area contributed by atoms with Gasteiger partial charge in [0.1, 0.15) is 0 Å². The van der Waals surface area contributed by atoms with Crippen molar-refractivity contribution in [1.82, 2.24) is 5.43 Å². The number of rotatable bonds is 4. The molecule has 2 rings (SSSR count). The molecule has 0 aliphatic heterocycles. The maximum Gasteiger partial charge on any atom is 0.271 e. The van der Waals surface area contributed by atoms with Crippen LogP contribution in [0.4, 0.5) is 17.1 Å². The van der Waals surface area contributed by atoms with Crippen molar-refractivity contribution in [2.45, 2.75) is 13.8 Å². The Labute approximate surface area is 144 Å². The summed E-state index contributed by atoms with van der Waals surface area (Å²) >= 11 is 11.4. The van der Waals surface area contributed by atoms with Crippen LogP contribution in [-0.2, 0) is 0 Å². The van der Waals surface area contributed by atoms with Gasteiger partial charge in [0, 0.05) is 12.1 Å². The van der Waals surface area contributed by atoms with Crippen molar-refractivity contribution in [3.05, 3.63) is 62.7 Å². The molecule has 0 aromatic heterocycles. The van der Waals surface area contributed by atoms with E-state index < -0.39 is 4.92 Å². The average molecular weight is 351 g/mol. The number of hydrogen-bond acceptors (Lipinski definition) is 4. The van der Waals surface area contributed by atoms with E-state index in [9.17, 15) is 10.1 Å². The van der Waals surface area contributed by atoms with E-state index in [0.29, 0.717) is 15.8 Å². The van der Waals surface area contributed by atoms with Crippen molar-refractivity contribution in [2.24, 2.45) is 0 Å². The highest BCUT2D eigenvalue weighted by atomic mass is 35.5. The number of nitro benzene ring substituents is 1. The molecule has 0 heterocycles. The summed E-state index contributed by atoms with van der Waals surface area (Å²) in [6.45, 7) is 3.89. The van der Waals surface area contributed by atoms with Crippen LogP contribution < -0.4 is 16.2 Å². The number of halogens is 1. The van der Waals surface area contributed by atoms with Gasteiger partial charge < -0.3 is 5.32 Å². The molecular formula is C15H15ClN4O2S. The van der Waals surface area contributed by atoms with E-state index in [1.54, 1.807) is 12.1 Å². The number of thiocarbonyl (C=S) groups is 1. The Morgan fingerprint density at radius 3 is 2.65 bits per heavy atom. The van der Waals surface area contributed by atoms with Gasteiger partial charge in [0.05, 0.1) is 21.3 Å². The zero-order valence-corrected chi connectivity index (χ0v) is 14.1. The van der Waals surface area contributed by atoms with E-state index in [0.717, 1.165) is 16.8 Å². The Morgan fingerprint density at radius 1 is 1.26 bits per heavy atom. The zero-order chi connectivity index (χ0) is 17.0. The molecule has 0 radical (unpaired) electrons. The summed E-state index contributed by atoms with van der Waals surface area (Å²) in [4.78, 5) is 10.3. The summed E-state index contributed by atoms with van der Waals surface area (Å²) in [5.74, 6) is 0. The monoisotopic (exact) mass is 350 g/mol. The molecule has 0 amide bonds. The van der Waals surface area contributed by atoms with Gasteiger partial charge in [-0.2, -0.15) is 0 Å². The number of nitro groups is 1. The minimum atomic E-state index is -0.461. The summed E-state index contributed by atoms with van der Waals surface area (Å²) < 4.78 is 0. The van der Waals surface area contributed by atoms with Crippen LogP contribution in [0.25, 0.3) is 0 Å².